The van der Waals surface area contributed by atoms with Gasteiger partial charge in [-0.2, -0.15) is 4.98 Å². The Morgan fingerprint density at radius 3 is 2.65 bits per heavy atom. The summed E-state index contributed by atoms with van der Waals surface area (Å²) >= 11 is 5.83. The normalized spacial score (nSPS) is 10.4. The molecule has 6 heteroatoms. The van der Waals surface area contributed by atoms with Gasteiger partial charge in [0, 0.05) is 5.02 Å². The van der Waals surface area contributed by atoms with E-state index in [2.05, 4.69) is 10.1 Å². The third-order valence-electron chi connectivity index (χ3n) is 2.66. The van der Waals surface area contributed by atoms with Crippen molar-refractivity contribution in [2.75, 3.05) is 5.73 Å². The summed E-state index contributed by atoms with van der Waals surface area (Å²) in [5.74, 6) is 0.472. The number of hydrogen-bond donors (Lipinski definition) is 1. The molecule has 1 heterocycles. The summed E-state index contributed by atoms with van der Waals surface area (Å²) in [5, 5.41) is 4.79. The number of benzene rings is 2. The van der Waals surface area contributed by atoms with Crippen molar-refractivity contribution >= 4 is 17.3 Å². The zero-order chi connectivity index (χ0) is 13.9. The predicted molar refractivity (Wildman–Crippen MR) is 77.3 cm³/mol. The first-order valence-electron chi connectivity index (χ1n) is 5.92. The van der Waals surface area contributed by atoms with Gasteiger partial charge in [0.05, 0.1) is 11.4 Å². The van der Waals surface area contributed by atoms with Crippen LogP contribution in [0.3, 0.4) is 0 Å². The number of rotatable bonds is 3. The van der Waals surface area contributed by atoms with Crippen LogP contribution in [0.5, 0.6) is 11.8 Å². The number of aromatic nitrogens is 3. The van der Waals surface area contributed by atoms with Crippen molar-refractivity contribution < 1.29 is 4.74 Å². The molecule has 0 atom stereocenters. The molecule has 0 aliphatic carbocycles. The van der Waals surface area contributed by atoms with Crippen molar-refractivity contribution in [3.8, 4) is 17.4 Å². The lowest BCUT2D eigenvalue weighted by Gasteiger charge is -2.04. The zero-order valence-corrected chi connectivity index (χ0v) is 11.2. The Labute approximate surface area is 120 Å². The van der Waals surface area contributed by atoms with Crippen LogP contribution in [0.4, 0.5) is 5.69 Å². The van der Waals surface area contributed by atoms with Crippen LogP contribution in [-0.4, -0.2) is 14.8 Å². The maximum absolute atomic E-state index is 5.83. The highest BCUT2D eigenvalue weighted by atomic mass is 35.5. The molecule has 2 aromatic carbocycles. The summed E-state index contributed by atoms with van der Waals surface area (Å²) in [7, 11) is 0. The summed E-state index contributed by atoms with van der Waals surface area (Å²) in [5.41, 5.74) is 7.16. The van der Waals surface area contributed by atoms with Gasteiger partial charge in [-0.1, -0.05) is 29.8 Å². The number of nitrogens with two attached hydrogens (primary N) is 1. The lowest BCUT2D eigenvalue weighted by atomic mass is 10.3. The zero-order valence-electron chi connectivity index (χ0n) is 10.4. The molecule has 0 fully saturated rings. The van der Waals surface area contributed by atoms with E-state index in [4.69, 9.17) is 22.1 Å². The Hall–Kier alpha value is -2.53. The predicted octanol–water partition coefficient (Wildman–Crippen LogP) is 3.30. The molecule has 0 bridgehead atoms. The molecule has 3 rings (SSSR count). The van der Waals surface area contributed by atoms with Crippen molar-refractivity contribution in [3.63, 3.8) is 0 Å². The lowest BCUT2D eigenvalue weighted by molar-refractivity contribution is 0.443. The van der Waals surface area contributed by atoms with E-state index in [1.165, 1.54) is 0 Å². The minimum Gasteiger partial charge on any atom is -0.421 e. The molecule has 0 amide bonds. The molecule has 0 aliphatic rings. The van der Waals surface area contributed by atoms with E-state index >= 15 is 0 Å². The Morgan fingerprint density at radius 2 is 1.90 bits per heavy atom. The highest BCUT2D eigenvalue weighted by molar-refractivity contribution is 6.30. The van der Waals surface area contributed by atoms with E-state index in [1.54, 1.807) is 29.2 Å². The number of nitrogen functional groups attached to an aromatic ring is 1. The smallest absolute Gasteiger partial charge is 0.341 e. The molecule has 20 heavy (non-hydrogen) atoms. The van der Waals surface area contributed by atoms with Crippen molar-refractivity contribution in [2.45, 2.75) is 0 Å². The highest BCUT2D eigenvalue weighted by Crippen LogP contribution is 2.28. The molecule has 0 spiro atoms. The second kappa shape index (κ2) is 5.22. The number of hydrogen-bond acceptors (Lipinski definition) is 4. The first-order chi connectivity index (χ1) is 9.72. The largest absolute Gasteiger partial charge is 0.421 e. The fraction of sp³-hybridized carbons (Fsp3) is 0. The number of anilines is 1. The number of para-hydroxylation sites is 1. The Kier molecular flexibility index (Phi) is 3.26. The standard InChI is InChI=1S/C14H11ClN4O/c15-10-6-7-13(12(16)8-10)20-14-17-9-19(18-14)11-4-2-1-3-5-11/h1-9H,16H2. The molecule has 5 nitrogen and oxygen atoms in total. The van der Waals surface area contributed by atoms with Gasteiger partial charge in [-0.15, -0.1) is 5.10 Å². The average Bonchev–Trinajstić information content (AvgIpc) is 2.92. The van der Waals surface area contributed by atoms with Crippen molar-refractivity contribution in [1.29, 1.82) is 0 Å². The van der Waals surface area contributed by atoms with Crippen LogP contribution >= 0.6 is 11.6 Å². The van der Waals surface area contributed by atoms with Gasteiger partial charge in [0.2, 0.25) is 0 Å². The maximum atomic E-state index is 5.83. The Bertz CT molecular complexity index is 727. The molecule has 0 aliphatic heterocycles. The van der Waals surface area contributed by atoms with Crippen LogP contribution in [0.25, 0.3) is 5.69 Å². The quantitative estimate of drug-likeness (QED) is 0.750. The first kappa shape index (κ1) is 12.5. The van der Waals surface area contributed by atoms with Gasteiger partial charge in [-0.05, 0) is 30.3 Å². The van der Waals surface area contributed by atoms with Crippen LogP contribution in [0.15, 0.2) is 54.9 Å². The fourth-order valence-corrected chi connectivity index (χ4v) is 1.89. The molecule has 0 radical (unpaired) electrons. The molecular weight excluding hydrogens is 276 g/mol. The van der Waals surface area contributed by atoms with Crippen LogP contribution in [0.2, 0.25) is 5.02 Å². The van der Waals surface area contributed by atoms with Crippen LogP contribution in [0.1, 0.15) is 0 Å². The molecule has 1 aromatic heterocycles. The number of nitrogens with zero attached hydrogens (tertiary/aromatic N) is 3. The minimum absolute atomic E-state index is 0.225. The van der Waals surface area contributed by atoms with Gasteiger partial charge >= 0.3 is 6.01 Å². The average molecular weight is 287 g/mol. The molecule has 0 saturated heterocycles. The Morgan fingerprint density at radius 1 is 1.10 bits per heavy atom. The van der Waals surface area contributed by atoms with Gasteiger partial charge in [-0.3, -0.25) is 0 Å². The van der Waals surface area contributed by atoms with Gasteiger partial charge in [0.25, 0.3) is 0 Å². The maximum Gasteiger partial charge on any atom is 0.341 e. The summed E-state index contributed by atoms with van der Waals surface area (Å²) in [6, 6.07) is 14.9. The van der Waals surface area contributed by atoms with E-state index < -0.39 is 0 Å². The van der Waals surface area contributed by atoms with E-state index in [0.717, 1.165) is 5.69 Å². The van der Waals surface area contributed by atoms with E-state index in [0.29, 0.717) is 16.5 Å². The molecular formula is C14H11ClN4O. The minimum atomic E-state index is 0.225. The third kappa shape index (κ3) is 2.57. The Balaban J connectivity index is 1.84. The second-order valence-electron chi connectivity index (χ2n) is 4.09. The lowest BCUT2D eigenvalue weighted by Crippen LogP contribution is -1.96. The summed E-state index contributed by atoms with van der Waals surface area (Å²) < 4.78 is 7.17. The van der Waals surface area contributed by atoms with Gasteiger partial charge < -0.3 is 10.5 Å². The summed E-state index contributed by atoms with van der Waals surface area (Å²) in [6.07, 6.45) is 1.58. The van der Waals surface area contributed by atoms with E-state index in [9.17, 15) is 0 Å². The van der Waals surface area contributed by atoms with Crippen LogP contribution in [0, 0.1) is 0 Å². The molecule has 2 N–H and O–H groups in total. The summed E-state index contributed by atoms with van der Waals surface area (Å²) in [6.45, 7) is 0. The SMILES string of the molecule is Nc1cc(Cl)ccc1Oc1ncn(-c2ccccc2)n1. The molecule has 0 unspecified atom stereocenters. The van der Waals surface area contributed by atoms with Crippen molar-refractivity contribution in [3.05, 3.63) is 59.9 Å². The van der Waals surface area contributed by atoms with Gasteiger partial charge in [0.1, 0.15) is 6.33 Å². The number of ether oxygens (including phenoxy) is 1. The highest BCUT2D eigenvalue weighted by Gasteiger charge is 2.07. The van der Waals surface area contributed by atoms with E-state index in [-0.39, 0.29) is 6.01 Å². The monoisotopic (exact) mass is 286 g/mol. The van der Waals surface area contributed by atoms with Crippen LogP contribution in [-0.2, 0) is 0 Å². The second-order valence-corrected chi connectivity index (χ2v) is 4.53. The van der Waals surface area contributed by atoms with E-state index in [1.807, 2.05) is 30.3 Å². The van der Waals surface area contributed by atoms with Crippen molar-refractivity contribution in [2.24, 2.45) is 0 Å². The molecule has 100 valence electrons. The number of halogens is 1. The first-order valence-corrected chi connectivity index (χ1v) is 6.30. The van der Waals surface area contributed by atoms with Gasteiger partial charge in [0.15, 0.2) is 5.75 Å². The topological polar surface area (TPSA) is 66.0 Å². The van der Waals surface area contributed by atoms with Crippen molar-refractivity contribution in [1.82, 2.24) is 14.8 Å². The van der Waals surface area contributed by atoms with Gasteiger partial charge in [-0.25, -0.2) is 4.68 Å². The fourth-order valence-electron chi connectivity index (χ4n) is 1.71. The summed E-state index contributed by atoms with van der Waals surface area (Å²) in [4.78, 5) is 4.09. The molecule has 3 aromatic rings. The van der Waals surface area contributed by atoms with Crippen LogP contribution < -0.4 is 10.5 Å². The third-order valence-corrected chi connectivity index (χ3v) is 2.90. The molecule has 0 saturated carbocycles.